The average molecular weight is 357 g/mol. The Hall–Kier alpha value is -1.19. The van der Waals surface area contributed by atoms with Crippen LogP contribution < -0.4 is 0 Å². The van der Waals surface area contributed by atoms with E-state index in [0.29, 0.717) is 18.1 Å². The van der Waals surface area contributed by atoms with Crippen LogP contribution in [0.15, 0.2) is 35.9 Å². The van der Waals surface area contributed by atoms with E-state index in [-0.39, 0.29) is 16.6 Å². The minimum absolute atomic E-state index is 0.0556. The van der Waals surface area contributed by atoms with Crippen molar-refractivity contribution in [1.82, 2.24) is 0 Å². The Morgan fingerprint density at radius 2 is 1.72 bits per heavy atom. The topological polar surface area (TPSA) is 26.3 Å². The molecule has 0 aliphatic heterocycles. The molecule has 1 aromatic carbocycles. The van der Waals surface area contributed by atoms with E-state index >= 15 is 0 Å². The van der Waals surface area contributed by atoms with Crippen LogP contribution in [-0.2, 0) is 9.22 Å². The van der Waals surface area contributed by atoms with Crippen LogP contribution in [0.1, 0.15) is 53.0 Å². The van der Waals surface area contributed by atoms with Crippen LogP contribution in [-0.4, -0.2) is 20.2 Å². The molecule has 0 bridgehead atoms. The molecule has 3 heteroatoms. The predicted octanol–water partition coefficient (Wildman–Crippen LogP) is 5.85. The minimum atomic E-state index is -1.92. The lowest BCUT2D eigenvalue weighted by Gasteiger charge is -2.42. The van der Waals surface area contributed by atoms with E-state index < -0.39 is 8.32 Å². The second-order valence-electron chi connectivity index (χ2n) is 9.97. The second kappa shape index (κ2) is 5.92. The number of ketones is 1. The zero-order valence-corrected chi connectivity index (χ0v) is 17.8. The largest absolute Gasteiger partial charge is 0.410 e. The van der Waals surface area contributed by atoms with E-state index in [1.54, 1.807) is 0 Å². The molecule has 1 aromatic rings. The van der Waals surface area contributed by atoms with Gasteiger partial charge in [-0.2, -0.15) is 0 Å². The summed E-state index contributed by atoms with van der Waals surface area (Å²) in [5.74, 6) is 0.651. The molecule has 0 spiro atoms. The van der Waals surface area contributed by atoms with Gasteiger partial charge in [-0.1, -0.05) is 65.0 Å². The molecule has 0 saturated heterocycles. The van der Waals surface area contributed by atoms with Crippen LogP contribution in [0.5, 0.6) is 0 Å². The summed E-state index contributed by atoms with van der Waals surface area (Å²) in [6, 6.07) is 10.2. The van der Waals surface area contributed by atoms with Crippen molar-refractivity contribution < 1.29 is 9.22 Å². The van der Waals surface area contributed by atoms with Gasteiger partial charge in [0.25, 0.3) is 0 Å². The lowest BCUT2D eigenvalue weighted by atomic mass is 9.86. The maximum absolute atomic E-state index is 12.8. The third kappa shape index (κ3) is 3.17. The van der Waals surface area contributed by atoms with E-state index in [1.165, 1.54) is 5.57 Å². The van der Waals surface area contributed by atoms with Crippen molar-refractivity contribution in [1.29, 1.82) is 0 Å². The van der Waals surface area contributed by atoms with Crippen molar-refractivity contribution >= 4 is 19.7 Å². The van der Waals surface area contributed by atoms with E-state index in [4.69, 9.17) is 4.43 Å². The van der Waals surface area contributed by atoms with Gasteiger partial charge in [0.05, 0.1) is 6.10 Å². The first-order valence-corrected chi connectivity index (χ1v) is 12.4. The Kier molecular flexibility index (Phi) is 4.40. The van der Waals surface area contributed by atoms with Gasteiger partial charge in [0.2, 0.25) is 0 Å². The molecule has 3 rings (SSSR count). The first-order valence-electron chi connectivity index (χ1n) is 9.44. The predicted molar refractivity (Wildman–Crippen MR) is 107 cm³/mol. The van der Waals surface area contributed by atoms with Crippen LogP contribution in [0.2, 0.25) is 18.1 Å². The normalized spacial score (nSPS) is 26.3. The first kappa shape index (κ1) is 18.6. The molecule has 0 unspecified atom stereocenters. The van der Waals surface area contributed by atoms with Gasteiger partial charge in [0, 0.05) is 12.0 Å². The lowest BCUT2D eigenvalue weighted by Crippen LogP contribution is -2.47. The van der Waals surface area contributed by atoms with Crippen molar-refractivity contribution in [3.8, 4) is 0 Å². The quantitative estimate of drug-likeness (QED) is 0.635. The molecule has 0 amide bonds. The highest BCUT2D eigenvalue weighted by Gasteiger charge is 2.53. The van der Waals surface area contributed by atoms with Crippen molar-refractivity contribution in [2.24, 2.45) is 11.3 Å². The monoisotopic (exact) mass is 356 g/mol. The smallest absolute Gasteiger partial charge is 0.192 e. The van der Waals surface area contributed by atoms with Crippen LogP contribution in [0, 0.1) is 11.3 Å². The molecule has 2 nitrogen and oxygen atoms in total. The molecule has 1 saturated carbocycles. The third-order valence-corrected chi connectivity index (χ3v) is 10.9. The van der Waals surface area contributed by atoms with Crippen molar-refractivity contribution in [3.63, 3.8) is 0 Å². The summed E-state index contributed by atoms with van der Waals surface area (Å²) in [6.45, 7) is 16.1. The fourth-order valence-electron chi connectivity index (χ4n) is 4.12. The number of rotatable bonds is 3. The van der Waals surface area contributed by atoms with Gasteiger partial charge in [0.1, 0.15) is 0 Å². The van der Waals surface area contributed by atoms with Crippen molar-refractivity contribution in [3.05, 3.63) is 41.5 Å². The average Bonchev–Trinajstić information content (AvgIpc) is 2.90. The number of carbonyl (C=O) groups is 1. The number of fused-ring (bicyclic) bond motifs is 1. The minimum Gasteiger partial charge on any atom is -0.410 e. The Morgan fingerprint density at radius 3 is 2.28 bits per heavy atom. The Labute approximate surface area is 153 Å². The van der Waals surface area contributed by atoms with Crippen molar-refractivity contribution in [2.75, 3.05) is 0 Å². The summed E-state index contributed by atoms with van der Waals surface area (Å²) >= 11 is 0. The Balaban J connectivity index is 2.09. The number of allylic oxidation sites excluding steroid dienone is 1. The van der Waals surface area contributed by atoms with E-state index in [0.717, 1.165) is 17.6 Å². The standard InChI is InChI=1S/C22H32O2Si/c1-21(2,3)25(6,7)24-20-19-16(14-22(20,4)5)13-17(23)18(19)15-11-9-8-10-12-15/h8-12,16,20H,13-14H2,1-7H3/t16-,20-/m0/s1. The molecule has 0 N–H and O–H groups in total. The molecule has 1 fully saturated rings. The molecule has 2 atom stereocenters. The van der Waals surface area contributed by atoms with Gasteiger partial charge in [-0.15, -0.1) is 0 Å². The molecule has 2 aliphatic carbocycles. The fourth-order valence-corrected chi connectivity index (χ4v) is 5.51. The summed E-state index contributed by atoms with van der Waals surface area (Å²) in [5.41, 5.74) is 3.37. The van der Waals surface area contributed by atoms with Gasteiger partial charge in [-0.3, -0.25) is 4.79 Å². The van der Waals surface area contributed by atoms with Gasteiger partial charge in [0.15, 0.2) is 14.1 Å². The van der Waals surface area contributed by atoms with Crippen LogP contribution in [0.4, 0.5) is 0 Å². The van der Waals surface area contributed by atoms with E-state index in [1.807, 2.05) is 18.2 Å². The summed E-state index contributed by atoms with van der Waals surface area (Å²) in [5, 5.41) is 0.164. The highest BCUT2D eigenvalue weighted by molar-refractivity contribution is 6.74. The van der Waals surface area contributed by atoms with Crippen LogP contribution in [0.3, 0.4) is 0 Å². The Bertz CT molecular complexity index is 707. The van der Waals surface area contributed by atoms with Gasteiger partial charge < -0.3 is 4.43 Å². The zero-order chi connectivity index (χ0) is 18.6. The third-order valence-electron chi connectivity index (χ3n) is 6.49. The number of Topliss-reactive ketones (excluding diaryl/α,β-unsaturated/α-hetero) is 1. The summed E-state index contributed by atoms with van der Waals surface area (Å²) in [7, 11) is -1.92. The van der Waals surface area contributed by atoms with E-state index in [9.17, 15) is 4.79 Å². The highest BCUT2D eigenvalue weighted by atomic mass is 28.4. The summed E-state index contributed by atoms with van der Waals surface area (Å²) in [4.78, 5) is 12.8. The van der Waals surface area contributed by atoms with Crippen molar-refractivity contribution in [2.45, 2.75) is 71.7 Å². The van der Waals surface area contributed by atoms with Crippen LogP contribution >= 0.6 is 0 Å². The maximum Gasteiger partial charge on any atom is 0.192 e. The molecule has 25 heavy (non-hydrogen) atoms. The SMILES string of the molecule is CC1(C)C[C@@H]2CC(=O)C(c3ccccc3)=C2[C@@H]1O[Si](C)(C)C(C)(C)C. The maximum atomic E-state index is 12.8. The Morgan fingerprint density at radius 1 is 1.12 bits per heavy atom. The van der Waals surface area contributed by atoms with Gasteiger partial charge in [-0.05, 0) is 47.0 Å². The highest BCUT2D eigenvalue weighted by Crippen LogP contribution is 2.56. The second-order valence-corrected chi connectivity index (χ2v) is 14.7. The number of carbonyl (C=O) groups excluding carboxylic acids is 1. The number of hydrogen-bond acceptors (Lipinski definition) is 2. The summed E-state index contributed by atoms with van der Waals surface area (Å²) < 4.78 is 6.92. The summed E-state index contributed by atoms with van der Waals surface area (Å²) in [6.07, 6.45) is 1.75. The zero-order valence-electron chi connectivity index (χ0n) is 16.8. The van der Waals surface area contributed by atoms with E-state index in [2.05, 4.69) is 59.8 Å². The molecule has 0 heterocycles. The van der Waals surface area contributed by atoms with Gasteiger partial charge >= 0.3 is 0 Å². The lowest BCUT2D eigenvalue weighted by molar-refractivity contribution is -0.113. The molecule has 2 aliphatic rings. The van der Waals surface area contributed by atoms with Gasteiger partial charge in [-0.25, -0.2) is 0 Å². The van der Waals surface area contributed by atoms with Crippen LogP contribution in [0.25, 0.3) is 5.57 Å². The first-order chi connectivity index (χ1) is 11.4. The molecule has 0 aromatic heterocycles. The molecular weight excluding hydrogens is 324 g/mol. The fraction of sp³-hybridized carbons (Fsp3) is 0.591. The molecule has 0 radical (unpaired) electrons. The number of benzene rings is 1. The molecule has 136 valence electrons. The number of hydrogen-bond donors (Lipinski definition) is 0. The molecular formula is C22H32O2Si.